The van der Waals surface area contributed by atoms with Crippen LogP contribution in [0.3, 0.4) is 0 Å². The molecule has 2 heterocycles. The molecule has 27 heavy (non-hydrogen) atoms. The molecule has 1 aromatic carbocycles. The number of carbonyl (C=O) groups excluding carboxylic acids is 3. The summed E-state index contributed by atoms with van der Waals surface area (Å²) in [5.41, 5.74) is 0.625. The molecule has 0 unspecified atom stereocenters. The Morgan fingerprint density at radius 2 is 1.89 bits per heavy atom. The van der Waals surface area contributed by atoms with Crippen LogP contribution in [0.5, 0.6) is 0 Å². The van der Waals surface area contributed by atoms with Gasteiger partial charge in [0.05, 0.1) is 6.04 Å². The molecule has 3 atom stereocenters. The van der Waals surface area contributed by atoms with Crippen molar-refractivity contribution in [2.75, 3.05) is 13.1 Å². The van der Waals surface area contributed by atoms with E-state index in [2.05, 4.69) is 20.9 Å². The Morgan fingerprint density at radius 3 is 2.63 bits per heavy atom. The maximum atomic E-state index is 12.4. The second-order valence-corrected chi connectivity index (χ2v) is 7.76. The first-order valence-electron chi connectivity index (χ1n) is 9.79. The van der Waals surface area contributed by atoms with Crippen molar-refractivity contribution in [1.29, 1.82) is 0 Å². The summed E-state index contributed by atoms with van der Waals surface area (Å²) in [6.45, 7) is 1.21. The highest BCUT2D eigenvalue weighted by Gasteiger charge is 2.43. The Bertz CT molecular complexity index is 719. The third kappa shape index (κ3) is 4.30. The standard InChI is InChI=1S/C20H26N4O3/c25-18(22-14-6-7-14)9-8-16-11-21-20(27)17-10-15(12-24(16)17)23-19(26)13-4-2-1-3-5-13/h1-5,14-17H,6-12H2,(H,21,27)(H,22,25)(H,23,26)/t15-,16+,17-/m0/s1. The molecule has 4 rings (SSSR count). The van der Waals surface area contributed by atoms with E-state index < -0.39 is 0 Å². The average Bonchev–Trinajstić information content (AvgIpc) is 3.38. The molecule has 0 bridgehead atoms. The molecule has 1 aliphatic carbocycles. The molecule has 3 aliphatic rings. The number of piperazine rings is 1. The van der Waals surface area contributed by atoms with Crippen molar-refractivity contribution in [3.05, 3.63) is 35.9 Å². The molecule has 3 fully saturated rings. The van der Waals surface area contributed by atoms with E-state index in [-0.39, 0.29) is 35.8 Å². The number of nitrogens with zero attached hydrogens (tertiary/aromatic N) is 1. The van der Waals surface area contributed by atoms with E-state index in [0.29, 0.717) is 44.0 Å². The zero-order valence-electron chi connectivity index (χ0n) is 15.3. The number of amides is 3. The molecule has 1 aromatic rings. The van der Waals surface area contributed by atoms with E-state index >= 15 is 0 Å². The first-order valence-corrected chi connectivity index (χ1v) is 9.79. The van der Waals surface area contributed by atoms with E-state index in [4.69, 9.17) is 0 Å². The average molecular weight is 370 g/mol. The predicted octanol–water partition coefficient (Wildman–Crippen LogP) is 0.417. The first-order chi connectivity index (χ1) is 13.1. The molecule has 144 valence electrons. The highest BCUT2D eigenvalue weighted by molar-refractivity contribution is 5.94. The van der Waals surface area contributed by atoms with Gasteiger partial charge in [0.1, 0.15) is 0 Å². The fourth-order valence-electron chi connectivity index (χ4n) is 4.03. The van der Waals surface area contributed by atoms with Crippen LogP contribution in [0.2, 0.25) is 0 Å². The smallest absolute Gasteiger partial charge is 0.251 e. The Labute approximate surface area is 158 Å². The lowest BCUT2D eigenvalue weighted by molar-refractivity contribution is -0.129. The molecule has 7 heteroatoms. The van der Waals surface area contributed by atoms with Crippen molar-refractivity contribution in [1.82, 2.24) is 20.9 Å². The summed E-state index contributed by atoms with van der Waals surface area (Å²) in [5.74, 6) is 0.00503. The van der Waals surface area contributed by atoms with Crippen LogP contribution in [0, 0.1) is 0 Å². The van der Waals surface area contributed by atoms with Gasteiger partial charge in [-0.05, 0) is 37.8 Å². The van der Waals surface area contributed by atoms with Crippen molar-refractivity contribution in [3.63, 3.8) is 0 Å². The van der Waals surface area contributed by atoms with Gasteiger partial charge in [-0.15, -0.1) is 0 Å². The number of benzene rings is 1. The molecule has 2 aliphatic heterocycles. The lowest BCUT2D eigenvalue weighted by atomic mass is 10.0. The topological polar surface area (TPSA) is 90.5 Å². The third-order valence-corrected chi connectivity index (χ3v) is 5.64. The quantitative estimate of drug-likeness (QED) is 0.677. The largest absolute Gasteiger partial charge is 0.353 e. The van der Waals surface area contributed by atoms with E-state index in [1.165, 1.54) is 0 Å². The van der Waals surface area contributed by atoms with Crippen molar-refractivity contribution in [3.8, 4) is 0 Å². The minimum Gasteiger partial charge on any atom is -0.353 e. The maximum absolute atomic E-state index is 12.4. The summed E-state index contributed by atoms with van der Waals surface area (Å²) >= 11 is 0. The molecule has 0 spiro atoms. The van der Waals surface area contributed by atoms with Gasteiger partial charge < -0.3 is 16.0 Å². The fourth-order valence-corrected chi connectivity index (χ4v) is 4.03. The summed E-state index contributed by atoms with van der Waals surface area (Å²) < 4.78 is 0. The third-order valence-electron chi connectivity index (χ3n) is 5.64. The number of nitrogens with one attached hydrogen (secondary N) is 3. The maximum Gasteiger partial charge on any atom is 0.251 e. The predicted molar refractivity (Wildman–Crippen MR) is 100 cm³/mol. The van der Waals surface area contributed by atoms with Crippen molar-refractivity contribution < 1.29 is 14.4 Å². The van der Waals surface area contributed by atoms with Crippen molar-refractivity contribution in [2.24, 2.45) is 0 Å². The van der Waals surface area contributed by atoms with Crippen LogP contribution in [0.4, 0.5) is 0 Å². The van der Waals surface area contributed by atoms with Gasteiger partial charge in [0.15, 0.2) is 0 Å². The van der Waals surface area contributed by atoms with Crippen LogP contribution in [0.25, 0.3) is 0 Å². The van der Waals surface area contributed by atoms with Gasteiger partial charge in [0, 0.05) is 43.2 Å². The molecular formula is C20H26N4O3. The van der Waals surface area contributed by atoms with Crippen LogP contribution >= 0.6 is 0 Å². The molecule has 0 radical (unpaired) electrons. The van der Waals surface area contributed by atoms with Crippen LogP contribution in [0.1, 0.15) is 42.5 Å². The summed E-state index contributed by atoms with van der Waals surface area (Å²) in [6.07, 6.45) is 3.97. The van der Waals surface area contributed by atoms with Gasteiger partial charge in [-0.25, -0.2) is 0 Å². The van der Waals surface area contributed by atoms with E-state index in [1.807, 2.05) is 18.2 Å². The lowest BCUT2D eigenvalue weighted by Gasteiger charge is -2.37. The number of hydrogen-bond acceptors (Lipinski definition) is 4. The Hall–Kier alpha value is -2.41. The zero-order valence-corrected chi connectivity index (χ0v) is 15.3. The number of fused-ring (bicyclic) bond motifs is 1. The monoisotopic (exact) mass is 370 g/mol. The Morgan fingerprint density at radius 1 is 1.11 bits per heavy atom. The zero-order chi connectivity index (χ0) is 18.8. The molecule has 1 saturated carbocycles. The van der Waals surface area contributed by atoms with Crippen LogP contribution in [-0.4, -0.2) is 59.9 Å². The number of hydrogen-bond donors (Lipinski definition) is 3. The fraction of sp³-hybridized carbons (Fsp3) is 0.550. The molecule has 3 N–H and O–H groups in total. The lowest BCUT2D eigenvalue weighted by Crippen LogP contribution is -2.58. The summed E-state index contributed by atoms with van der Waals surface area (Å²) in [7, 11) is 0. The van der Waals surface area contributed by atoms with Crippen LogP contribution < -0.4 is 16.0 Å². The van der Waals surface area contributed by atoms with Gasteiger partial charge in [-0.2, -0.15) is 0 Å². The van der Waals surface area contributed by atoms with E-state index in [1.54, 1.807) is 12.1 Å². The molecule has 0 aromatic heterocycles. The summed E-state index contributed by atoms with van der Waals surface area (Å²) in [5, 5.41) is 9.03. The molecule has 2 saturated heterocycles. The molecular weight excluding hydrogens is 344 g/mol. The van der Waals surface area contributed by atoms with Crippen molar-refractivity contribution >= 4 is 17.7 Å². The minimum absolute atomic E-state index is 0.0187. The normalized spacial score (nSPS) is 27.6. The number of carbonyl (C=O) groups is 3. The number of rotatable bonds is 6. The van der Waals surface area contributed by atoms with Gasteiger partial charge >= 0.3 is 0 Å². The van der Waals surface area contributed by atoms with E-state index in [9.17, 15) is 14.4 Å². The summed E-state index contributed by atoms with van der Waals surface area (Å²) in [4.78, 5) is 38.8. The first kappa shape index (κ1) is 18.0. The highest BCUT2D eigenvalue weighted by Crippen LogP contribution is 2.26. The molecule has 7 nitrogen and oxygen atoms in total. The molecule has 3 amide bonds. The minimum atomic E-state index is -0.226. The Kier molecular flexibility index (Phi) is 5.11. The second-order valence-electron chi connectivity index (χ2n) is 7.76. The second kappa shape index (κ2) is 7.68. The van der Waals surface area contributed by atoms with Crippen LogP contribution in [0.15, 0.2) is 30.3 Å². The highest BCUT2D eigenvalue weighted by atomic mass is 16.2. The van der Waals surface area contributed by atoms with Gasteiger partial charge in [-0.3, -0.25) is 19.3 Å². The van der Waals surface area contributed by atoms with Gasteiger partial charge in [-0.1, -0.05) is 18.2 Å². The summed E-state index contributed by atoms with van der Waals surface area (Å²) in [6, 6.07) is 9.34. The van der Waals surface area contributed by atoms with Gasteiger partial charge in [0.25, 0.3) is 5.91 Å². The van der Waals surface area contributed by atoms with Crippen molar-refractivity contribution in [2.45, 2.75) is 56.3 Å². The van der Waals surface area contributed by atoms with Gasteiger partial charge in [0.2, 0.25) is 11.8 Å². The SMILES string of the molecule is O=C(CC[C@@H]1CNC(=O)[C@@H]2C[C@H](NC(=O)c3ccccc3)CN12)NC1CC1. The Balaban J connectivity index is 1.33. The van der Waals surface area contributed by atoms with Crippen LogP contribution in [-0.2, 0) is 9.59 Å². The van der Waals surface area contributed by atoms with E-state index in [0.717, 1.165) is 12.8 Å².